The molecule has 1 heterocycles. The fraction of sp³-hybridized carbons (Fsp3) is 0.526. The highest BCUT2D eigenvalue weighted by Gasteiger charge is 2.31. The summed E-state index contributed by atoms with van der Waals surface area (Å²) in [5.41, 5.74) is 0.477. The first-order valence-corrected chi connectivity index (χ1v) is 11.1. The van der Waals surface area contributed by atoms with E-state index >= 15 is 0 Å². The van der Waals surface area contributed by atoms with Gasteiger partial charge in [0.05, 0.1) is 16.9 Å². The third-order valence-electron chi connectivity index (χ3n) is 4.64. The first-order valence-electron chi connectivity index (χ1n) is 9.60. The second kappa shape index (κ2) is 9.84. The van der Waals surface area contributed by atoms with Crippen molar-refractivity contribution >= 4 is 33.4 Å². The first-order chi connectivity index (χ1) is 13.6. The van der Waals surface area contributed by atoms with Gasteiger partial charge in [0.1, 0.15) is 0 Å². The average Bonchev–Trinajstić information content (AvgIpc) is 2.67. The van der Waals surface area contributed by atoms with Gasteiger partial charge in [-0.1, -0.05) is 0 Å². The molecule has 0 saturated carbocycles. The molecule has 2 atom stereocenters. The van der Waals surface area contributed by atoms with E-state index < -0.39 is 16.1 Å². The number of piperidine rings is 1. The van der Waals surface area contributed by atoms with Crippen LogP contribution in [0, 0.1) is 5.92 Å². The molecule has 0 bridgehead atoms. The third kappa shape index (κ3) is 6.26. The lowest BCUT2D eigenvalue weighted by Gasteiger charge is -2.33. The van der Waals surface area contributed by atoms with Crippen molar-refractivity contribution in [2.75, 3.05) is 25.0 Å². The molecule has 1 saturated heterocycles. The molecule has 0 aromatic heterocycles. The number of sulfonamides is 1. The number of amides is 3. The number of nitrogens with zero attached hydrogens (tertiary/aromatic N) is 1. The summed E-state index contributed by atoms with van der Waals surface area (Å²) in [6, 6.07) is 4.70. The van der Waals surface area contributed by atoms with Crippen molar-refractivity contribution in [3.63, 3.8) is 0 Å². The first kappa shape index (κ1) is 22.8. The van der Waals surface area contributed by atoms with E-state index in [2.05, 4.69) is 15.4 Å². The Balaban J connectivity index is 2.02. The van der Waals surface area contributed by atoms with Gasteiger partial charge < -0.3 is 15.5 Å². The molecule has 10 heteroatoms. The largest absolute Gasteiger partial charge is 0.356 e. The quantitative estimate of drug-likeness (QED) is 0.594. The Morgan fingerprint density at radius 3 is 2.45 bits per heavy atom. The Bertz CT molecular complexity index is 854. The van der Waals surface area contributed by atoms with Crippen LogP contribution in [0.4, 0.5) is 5.69 Å². The lowest BCUT2D eigenvalue weighted by Crippen LogP contribution is -2.51. The molecular formula is C19H28N4O5S. The molecule has 1 aliphatic heterocycles. The number of nitrogens with one attached hydrogen (secondary N) is 3. The molecule has 0 aliphatic carbocycles. The molecule has 0 spiro atoms. The van der Waals surface area contributed by atoms with Crippen molar-refractivity contribution < 1.29 is 22.8 Å². The highest BCUT2D eigenvalue weighted by atomic mass is 32.2. The number of benzene rings is 1. The zero-order chi connectivity index (χ0) is 21.6. The summed E-state index contributed by atoms with van der Waals surface area (Å²) in [6.07, 6.45) is 1.40. The molecule has 1 unspecified atom stereocenters. The van der Waals surface area contributed by atoms with E-state index in [-0.39, 0.29) is 35.1 Å². The van der Waals surface area contributed by atoms with Crippen molar-refractivity contribution in [2.24, 2.45) is 5.92 Å². The van der Waals surface area contributed by atoms with Crippen molar-refractivity contribution in [1.29, 1.82) is 0 Å². The van der Waals surface area contributed by atoms with Gasteiger partial charge in [0.25, 0.3) is 0 Å². The van der Waals surface area contributed by atoms with Crippen LogP contribution in [-0.4, -0.2) is 56.7 Å². The number of rotatable bonds is 7. The number of carbonyl (C=O) groups excluding carboxylic acids is 3. The van der Waals surface area contributed by atoms with Crippen LogP contribution >= 0.6 is 0 Å². The molecule has 9 nitrogen and oxygen atoms in total. The maximum Gasteiger partial charge on any atom is 0.241 e. The van der Waals surface area contributed by atoms with Crippen LogP contribution in [0.2, 0.25) is 0 Å². The van der Waals surface area contributed by atoms with Crippen molar-refractivity contribution in [2.45, 2.75) is 44.6 Å². The molecule has 29 heavy (non-hydrogen) atoms. The smallest absolute Gasteiger partial charge is 0.241 e. The minimum atomic E-state index is -3.92. The number of anilines is 1. The molecule has 3 amide bonds. The van der Waals surface area contributed by atoms with Crippen LogP contribution in [0.15, 0.2) is 29.2 Å². The molecule has 0 radical (unpaired) electrons. The Labute approximate surface area is 171 Å². The SMILES string of the molecule is CCNC(=O)C1CCCN(C(=O)[C@H](C)NS(=O)(=O)c2ccc(NC(C)=O)cc2)C1. The predicted octanol–water partition coefficient (Wildman–Crippen LogP) is 0.687. The highest BCUT2D eigenvalue weighted by molar-refractivity contribution is 7.89. The molecule has 2 rings (SSSR count). The van der Waals surface area contributed by atoms with E-state index in [9.17, 15) is 22.8 Å². The second-order valence-corrected chi connectivity index (χ2v) is 8.78. The van der Waals surface area contributed by atoms with Gasteiger partial charge in [0, 0.05) is 32.2 Å². The molecule has 1 aromatic carbocycles. The van der Waals surface area contributed by atoms with E-state index in [1.54, 1.807) is 0 Å². The van der Waals surface area contributed by atoms with Gasteiger partial charge in [-0.2, -0.15) is 4.72 Å². The second-order valence-electron chi connectivity index (χ2n) is 7.07. The van der Waals surface area contributed by atoms with Crippen molar-refractivity contribution in [3.8, 4) is 0 Å². The van der Waals surface area contributed by atoms with E-state index in [1.165, 1.54) is 43.0 Å². The van der Waals surface area contributed by atoms with Crippen LogP contribution < -0.4 is 15.4 Å². The topological polar surface area (TPSA) is 125 Å². The summed E-state index contributed by atoms with van der Waals surface area (Å²) >= 11 is 0. The van der Waals surface area contributed by atoms with Gasteiger partial charge in [-0.25, -0.2) is 8.42 Å². The Morgan fingerprint density at radius 1 is 1.21 bits per heavy atom. The van der Waals surface area contributed by atoms with Gasteiger partial charge in [-0.05, 0) is 51.0 Å². The fourth-order valence-electron chi connectivity index (χ4n) is 3.26. The van der Waals surface area contributed by atoms with E-state index in [0.717, 1.165) is 0 Å². The van der Waals surface area contributed by atoms with E-state index in [0.29, 0.717) is 31.6 Å². The zero-order valence-electron chi connectivity index (χ0n) is 16.9. The Hall–Kier alpha value is -2.46. The summed E-state index contributed by atoms with van der Waals surface area (Å²) < 4.78 is 27.6. The number of hydrogen-bond acceptors (Lipinski definition) is 5. The summed E-state index contributed by atoms with van der Waals surface area (Å²) in [7, 11) is -3.92. The van der Waals surface area contributed by atoms with Crippen LogP contribution in [0.5, 0.6) is 0 Å². The van der Waals surface area contributed by atoms with E-state index in [1.807, 2.05) is 6.92 Å². The van der Waals surface area contributed by atoms with Gasteiger partial charge in [0.2, 0.25) is 27.7 Å². The van der Waals surface area contributed by atoms with Crippen LogP contribution in [0.25, 0.3) is 0 Å². The number of hydrogen-bond donors (Lipinski definition) is 3. The Morgan fingerprint density at radius 2 is 1.86 bits per heavy atom. The zero-order valence-corrected chi connectivity index (χ0v) is 17.7. The lowest BCUT2D eigenvalue weighted by molar-refractivity contribution is -0.136. The summed E-state index contributed by atoms with van der Waals surface area (Å²) in [6.45, 7) is 5.98. The van der Waals surface area contributed by atoms with Gasteiger partial charge in [-0.3, -0.25) is 14.4 Å². The maximum atomic E-state index is 12.7. The molecule has 3 N–H and O–H groups in total. The molecular weight excluding hydrogens is 396 g/mol. The minimum absolute atomic E-state index is 0.00917. The normalized spacial score (nSPS) is 18.0. The average molecular weight is 425 g/mol. The third-order valence-corrected chi connectivity index (χ3v) is 6.20. The molecule has 1 fully saturated rings. The van der Waals surface area contributed by atoms with Crippen LogP contribution in [-0.2, 0) is 24.4 Å². The van der Waals surface area contributed by atoms with Gasteiger partial charge >= 0.3 is 0 Å². The summed E-state index contributed by atoms with van der Waals surface area (Å²) in [4.78, 5) is 37.4. The van der Waals surface area contributed by atoms with Gasteiger partial charge in [-0.15, -0.1) is 0 Å². The highest BCUT2D eigenvalue weighted by Crippen LogP contribution is 2.19. The summed E-state index contributed by atoms with van der Waals surface area (Å²) in [5, 5.41) is 5.33. The number of likely N-dealkylation sites (tertiary alicyclic amines) is 1. The van der Waals surface area contributed by atoms with Crippen molar-refractivity contribution in [1.82, 2.24) is 14.9 Å². The predicted molar refractivity (Wildman–Crippen MR) is 109 cm³/mol. The standard InChI is InChI=1S/C19H28N4O5S/c1-4-20-18(25)15-6-5-11-23(12-15)19(26)13(2)22-29(27,28)17-9-7-16(8-10-17)21-14(3)24/h7-10,13,15,22H,4-6,11-12H2,1-3H3,(H,20,25)(H,21,24)/t13-,15?/m0/s1. The molecule has 160 valence electrons. The molecule has 1 aromatic rings. The number of carbonyl (C=O) groups is 3. The Kier molecular flexibility index (Phi) is 7.74. The van der Waals surface area contributed by atoms with Crippen LogP contribution in [0.3, 0.4) is 0 Å². The fourth-order valence-corrected chi connectivity index (χ4v) is 4.45. The molecule has 1 aliphatic rings. The minimum Gasteiger partial charge on any atom is -0.356 e. The van der Waals surface area contributed by atoms with Crippen LogP contribution in [0.1, 0.15) is 33.6 Å². The monoisotopic (exact) mass is 424 g/mol. The van der Waals surface area contributed by atoms with E-state index in [4.69, 9.17) is 0 Å². The maximum absolute atomic E-state index is 12.7. The van der Waals surface area contributed by atoms with Crippen molar-refractivity contribution in [3.05, 3.63) is 24.3 Å². The summed E-state index contributed by atoms with van der Waals surface area (Å²) in [5.74, 6) is -0.988. The van der Waals surface area contributed by atoms with Gasteiger partial charge in [0.15, 0.2) is 0 Å². The lowest BCUT2D eigenvalue weighted by atomic mass is 9.96.